The smallest absolute Gasteiger partial charge is 0.331 e. The molecule has 0 bridgehead atoms. The molecule has 0 aliphatic heterocycles. The van der Waals surface area contributed by atoms with Crippen molar-refractivity contribution in [2.24, 2.45) is 0 Å². The molecule has 0 aliphatic carbocycles. The monoisotopic (exact) mass is 373 g/mol. The summed E-state index contributed by atoms with van der Waals surface area (Å²) < 4.78 is 28.6. The summed E-state index contributed by atoms with van der Waals surface area (Å²) in [6.07, 6.45) is 2.74. The third kappa shape index (κ3) is 6.47. The zero-order valence-electron chi connectivity index (χ0n) is 15.0. The standard InChI is InChI=1S/C20H20FNO5/c1-3-26-18-11-14(7-9-17(18)25-2)8-10-20(24)27-13-19(23)22-16-6-4-5-15(21)12-16/h4-12H,3,13H2,1-2H3,(H,22,23)/b10-8+. The second kappa shape index (κ2) is 9.96. The molecule has 0 radical (unpaired) electrons. The fraction of sp³-hybridized carbons (Fsp3) is 0.200. The molecule has 0 fully saturated rings. The summed E-state index contributed by atoms with van der Waals surface area (Å²) in [7, 11) is 1.54. The highest BCUT2D eigenvalue weighted by Gasteiger charge is 2.07. The number of esters is 1. The van der Waals surface area contributed by atoms with Gasteiger partial charge in [0.15, 0.2) is 18.1 Å². The molecule has 0 saturated heterocycles. The van der Waals surface area contributed by atoms with Crippen molar-refractivity contribution in [3.63, 3.8) is 0 Å². The number of methoxy groups -OCH3 is 1. The Labute approximate surface area is 156 Å². The van der Waals surface area contributed by atoms with E-state index in [0.29, 0.717) is 23.7 Å². The first kappa shape index (κ1) is 20.0. The van der Waals surface area contributed by atoms with E-state index in [4.69, 9.17) is 14.2 Å². The molecule has 2 aromatic carbocycles. The molecular weight excluding hydrogens is 353 g/mol. The number of hydrogen-bond acceptors (Lipinski definition) is 5. The van der Waals surface area contributed by atoms with Gasteiger partial charge < -0.3 is 19.5 Å². The van der Waals surface area contributed by atoms with Crippen LogP contribution in [0.2, 0.25) is 0 Å². The van der Waals surface area contributed by atoms with Crippen molar-refractivity contribution in [2.75, 3.05) is 25.6 Å². The minimum Gasteiger partial charge on any atom is -0.493 e. The van der Waals surface area contributed by atoms with E-state index in [2.05, 4.69) is 5.32 Å². The average Bonchev–Trinajstić information content (AvgIpc) is 2.65. The van der Waals surface area contributed by atoms with Crippen LogP contribution in [0.1, 0.15) is 12.5 Å². The summed E-state index contributed by atoms with van der Waals surface area (Å²) in [6.45, 7) is 1.85. The molecule has 7 heteroatoms. The second-order valence-corrected chi connectivity index (χ2v) is 5.34. The van der Waals surface area contributed by atoms with Crippen molar-refractivity contribution in [1.82, 2.24) is 0 Å². The molecular formula is C20H20FNO5. The van der Waals surface area contributed by atoms with Gasteiger partial charge in [-0.1, -0.05) is 12.1 Å². The van der Waals surface area contributed by atoms with Gasteiger partial charge in [-0.15, -0.1) is 0 Å². The van der Waals surface area contributed by atoms with Crippen LogP contribution in [0.4, 0.5) is 10.1 Å². The van der Waals surface area contributed by atoms with Crippen LogP contribution in [-0.4, -0.2) is 32.2 Å². The van der Waals surface area contributed by atoms with Crippen LogP contribution in [-0.2, 0) is 14.3 Å². The van der Waals surface area contributed by atoms with E-state index in [9.17, 15) is 14.0 Å². The van der Waals surface area contributed by atoms with Crippen molar-refractivity contribution in [2.45, 2.75) is 6.92 Å². The van der Waals surface area contributed by atoms with E-state index in [1.54, 1.807) is 25.3 Å². The van der Waals surface area contributed by atoms with Gasteiger partial charge in [-0.3, -0.25) is 4.79 Å². The number of carbonyl (C=O) groups is 2. The van der Waals surface area contributed by atoms with Crippen LogP contribution in [0.15, 0.2) is 48.5 Å². The first-order chi connectivity index (χ1) is 13.0. The Kier molecular flexibility index (Phi) is 7.37. The van der Waals surface area contributed by atoms with Crippen LogP contribution >= 0.6 is 0 Å². The van der Waals surface area contributed by atoms with Gasteiger partial charge in [0.1, 0.15) is 5.82 Å². The molecule has 142 valence electrons. The molecule has 1 amide bonds. The minimum absolute atomic E-state index is 0.285. The van der Waals surface area contributed by atoms with E-state index in [0.717, 1.165) is 0 Å². The maximum absolute atomic E-state index is 13.1. The lowest BCUT2D eigenvalue weighted by atomic mass is 10.2. The van der Waals surface area contributed by atoms with Crippen LogP contribution in [0.25, 0.3) is 6.08 Å². The van der Waals surface area contributed by atoms with Gasteiger partial charge in [0.25, 0.3) is 5.91 Å². The van der Waals surface area contributed by atoms with Crippen molar-refractivity contribution >= 4 is 23.6 Å². The zero-order chi connectivity index (χ0) is 19.6. The van der Waals surface area contributed by atoms with E-state index < -0.39 is 24.3 Å². The molecule has 2 rings (SSSR count). The average molecular weight is 373 g/mol. The van der Waals surface area contributed by atoms with E-state index in [-0.39, 0.29) is 5.69 Å². The first-order valence-electron chi connectivity index (χ1n) is 8.23. The molecule has 6 nitrogen and oxygen atoms in total. The van der Waals surface area contributed by atoms with Gasteiger partial charge in [-0.2, -0.15) is 0 Å². The number of benzene rings is 2. The highest BCUT2D eigenvalue weighted by atomic mass is 19.1. The lowest BCUT2D eigenvalue weighted by Gasteiger charge is -2.09. The van der Waals surface area contributed by atoms with Crippen LogP contribution in [0, 0.1) is 5.82 Å². The summed E-state index contributed by atoms with van der Waals surface area (Å²) in [4.78, 5) is 23.5. The fourth-order valence-corrected chi connectivity index (χ4v) is 2.18. The molecule has 0 heterocycles. The third-order valence-corrected chi connectivity index (χ3v) is 3.35. The van der Waals surface area contributed by atoms with Gasteiger partial charge in [0.2, 0.25) is 0 Å². The molecule has 0 aliphatic rings. The molecule has 0 saturated carbocycles. The van der Waals surface area contributed by atoms with Crippen molar-refractivity contribution in [3.8, 4) is 11.5 Å². The molecule has 0 unspecified atom stereocenters. The van der Waals surface area contributed by atoms with Crippen LogP contribution in [0.5, 0.6) is 11.5 Å². The van der Waals surface area contributed by atoms with Gasteiger partial charge in [0, 0.05) is 11.8 Å². The lowest BCUT2D eigenvalue weighted by molar-refractivity contribution is -0.142. The van der Waals surface area contributed by atoms with Crippen molar-refractivity contribution < 1.29 is 28.2 Å². The summed E-state index contributed by atoms with van der Waals surface area (Å²) >= 11 is 0. The highest BCUT2D eigenvalue weighted by Crippen LogP contribution is 2.28. The first-order valence-corrected chi connectivity index (χ1v) is 8.23. The topological polar surface area (TPSA) is 73.9 Å². The van der Waals surface area contributed by atoms with Gasteiger partial charge in [-0.05, 0) is 48.9 Å². The van der Waals surface area contributed by atoms with Gasteiger partial charge in [0.05, 0.1) is 13.7 Å². The fourth-order valence-electron chi connectivity index (χ4n) is 2.18. The normalized spacial score (nSPS) is 10.5. The summed E-state index contributed by atoms with van der Waals surface area (Å²) in [5.74, 6) is -0.571. The second-order valence-electron chi connectivity index (χ2n) is 5.34. The Hall–Kier alpha value is -3.35. The molecule has 27 heavy (non-hydrogen) atoms. The number of hydrogen-bond donors (Lipinski definition) is 1. The van der Waals surface area contributed by atoms with Crippen LogP contribution in [0.3, 0.4) is 0 Å². The molecule has 1 N–H and O–H groups in total. The van der Waals surface area contributed by atoms with Gasteiger partial charge in [-0.25, -0.2) is 9.18 Å². The van der Waals surface area contributed by atoms with E-state index in [1.807, 2.05) is 6.92 Å². The highest BCUT2D eigenvalue weighted by molar-refractivity contribution is 5.94. The molecule has 2 aromatic rings. The predicted octanol–water partition coefficient (Wildman–Crippen LogP) is 3.43. The number of rotatable bonds is 8. The SMILES string of the molecule is CCOc1cc(/C=C/C(=O)OCC(=O)Nc2cccc(F)c2)ccc1OC. The number of nitrogens with one attached hydrogen (secondary N) is 1. The minimum atomic E-state index is -0.682. The number of carbonyl (C=O) groups excluding carboxylic acids is 2. The zero-order valence-corrected chi connectivity index (χ0v) is 15.0. The molecule has 0 atom stereocenters. The largest absolute Gasteiger partial charge is 0.493 e. The van der Waals surface area contributed by atoms with Crippen molar-refractivity contribution in [1.29, 1.82) is 0 Å². The summed E-state index contributed by atoms with van der Waals surface area (Å²) in [5, 5.41) is 2.44. The number of halogens is 1. The molecule has 0 aromatic heterocycles. The quantitative estimate of drug-likeness (QED) is 0.567. The number of amides is 1. The number of anilines is 1. The summed E-state index contributed by atoms with van der Waals surface area (Å²) in [5.41, 5.74) is 0.994. The van der Waals surface area contributed by atoms with E-state index in [1.165, 1.54) is 36.4 Å². The maximum atomic E-state index is 13.1. The maximum Gasteiger partial charge on any atom is 0.331 e. The number of ether oxygens (including phenoxy) is 3. The third-order valence-electron chi connectivity index (χ3n) is 3.35. The predicted molar refractivity (Wildman–Crippen MR) is 99.2 cm³/mol. The lowest BCUT2D eigenvalue weighted by Crippen LogP contribution is -2.20. The Morgan fingerprint density at radius 3 is 2.67 bits per heavy atom. The summed E-state index contributed by atoms with van der Waals surface area (Å²) in [6, 6.07) is 10.6. The van der Waals surface area contributed by atoms with Crippen molar-refractivity contribution in [3.05, 3.63) is 59.9 Å². The Morgan fingerprint density at radius 1 is 1.15 bits per heavy atom. The molecule has 0 spiro atoms. The Bertz CT molecular complexity index is 835. The van der Waals surface area contributed by atoms with Crippen LogP contribution < -0.4 is 14.8 Å². The Balaban J connectivity index is 1.87. The Morgan fingerprint density at radius 2 is 1.96 bits per heavy atom. The van der Waals surface area contributed by atoms with Gasteiger partial charge >= 0.3 is 5.97 Å². The van der Waals surface area contributed by atoms with E-state index >= 15 is 0 Å².